The van der Waals surface area contributed by atoms with Crippen molar-refractivity contribution < 1.29 is 13.9 Å². The van der Waals surface area contributed by atoms with E-state index in [-0.39, 0.29) is 18.3 Å². The zero-order chi connectivity index (χ0) is 15.6. The topological polar surface area (TPSA) is 38.3 Å². The summed E-state index contributed by atoms with van der Waals surface area (Å²) in [4.78, 5) is 11.6. The lowest BCUT2D eigenvalue weighted by molar-refractivity contribution is -0.122. The molecule has 0 aliphatic heterocycles. The van der Waals surface area contributed by atoms with Gasteiger partial charge in [0.1, 0.15) is 11.6 Å². The van der Waals surface area contributed by atoms with Gasteiger partial charge in [-0.05, 0) is 29.8 Å². The average molecular weight is 319 g/mol. The van der Waals surface area contributed by atoms with Gasteiger partial charge in [0, 0.05) is 18.1 Å². The van der Waals surface area contributed by atoms with Gasteiger partial charge >= 0.3 is 0 Å². The number of nitrogens with one attached hydrogen (secondary N) is 1. The fourth-order valence-corrected chi connectivity index (χ4v) is 2.58. The first kappa shape index (κ1) is 16.4. The number of amides is 1. The van der Waals surface area contributed by atoms with Crippen molar-refractivity contribution >= 4 is 17.7 Å². The summed E-state index contributed by atoms with van der Waals surface area (Å²) in [6.45, 7) is 0.540. The predicted octanol–water partition coefficient (Wildman–Crippen LogP) is 3.25. The lowest BCUT2D eigenvalue weighted by atomic mass is 10.2. The summed E-state index contributed by atoms with van der Waals surface area (Å²) in [5, 5.41) is 2.79. The van der Waals surface area contributed by atoms with Crippen molar-refractivity contribution in [1.82, 2.24) is 5.32 Å². The van der Waals surface area contributed by atoms with Gasteiger partial charge < -0.3 is 10.1 Å². The first-order valence-corrected chi connectivity index (χ1v) is 8.16. The van der Waals surface area contributed by atoms with Gasteiger partial charge in [-0.1, -0.05) is 30.3 Å². The number of halogens is 1. The highest BCUT2D eigenvalue weighted by molar-refractivity contribution is 7.98. The van der Waals surface area contributed by atoms with Crippen LogP contribution in [0.25, 0.3) is 0 Å². The summed E-state index contributed by atoms with van der Waals surface area (Å²) in [5.74, 6) is 1.76. The molecule has 0 saturated heterocycles. The highest BCUT2D eigenvalue weighted by Crippen LogP contribution is 2.11. The SMILES string of the molecule is O=C(COc1ccc(F)cc1)NCCSCc1ccccc1. The van der Waals surface area contributed by atoms with E-state index in [9.17, 15) is 9.18 Å². The van der Waals surface area contributed by atoms with Gasteiger partial charge in [0.2, 0.25) is 0 Å². The maximum Gasteiger partial charge on any atom is 0.257 e. The molecule has 0 aliphatic rings. The summed E-state index contributed by atoms with van der Waals surface area (Å²) < 4.78 is 18.0. The summed E-state index contributed by atoms with van der Waals surface area (Å²) >= 11 is 1.77. The first-order valence-electron chi connectivity index (χ1n) is 7.01. The molecule has 0 heterocycles. The number of benzene rings is 2. The largest absolute Gasteiger partial charge is 0.484 e. The molecule has 0 aliphatic carbocycles. The van der Waals surface area contributed by atoms with Gasteiger partial charge in [-0.15, -0.1) is 0 Å². The molecule has 2 aromatic rings. The second kappa shape index (κ2) is 9.10. The molecule has 5 heteroatoms. The van der Waals surface area contributed by atoms with Crippen molar-refractivity contribution in [2.75, 3.05) is 18.9 Å². The van der Waals surface area contributed by atoms with E-state index < -0.39 is 0 Å². The highest BCUT2D eigenvalue weighted by Gasteiger charge is 2.02. The fourth-order valence-electron chi connectivity index (χ4n) is 1.76. The number of carbonyl (C=O) groups is 1. The minimum Gasteiger partial charge on any atom is -0.484 e. The molecule has 0 unspecified atom stereocenters. The molecule has 0 atom stereocenters. The van der Waals surface area contributed by atoms with Gasteiger partial charge in [-0.3, -0.25) is 4.79 Å². The Morgan fingerprint density at radius 3 is 2.55 bits per heavy atom. The Labute approximate surface area is 133 Å². The van der Waals surface area contributed by atoms with Crippen LogP contribution in [0.2, 0.25) is 0 Å². The number of ether oxygens (including phenoxy) is 1. The van der Waals surface area contributed by atoms with E-state index in [2.05, 4.69) is 17.4 Å². The van der Waals surface area contributed by atoms with Crippen molar-refractivity contribution in [3.63, 3.8) is 0 Å². The Morgan fingerprint density at radius 1 is 1.09 bits per heavy atom. The third-order valence-electron chi connectivity index (χ3n) is 2.86. The Morgan fingerprint density at radius 2 is 1.82 bits per heavy atom. The average Bonchev–Trinajstić information content (AvgIpc) is 2.55. The van der Waals surface area contributed by atoms with Gasteiger partial charge in [0.05, 0.1) is 0 Å². The van der Waals surface area contributed by atoms with Gasteiger partial charge in [-0.2, -0.15) is 11.8 Å². The van der Waals surface area contributed by atoms with E-state index in [1.165, 1.54) is 29.8 Å². The van der Waals surface area contributed by atoms with E-state index >= 15 is 0 Å². The van der Waals surface area contributed by atoms with Crippen molar-refractivity contribution in [3.8, 4) is 5.75 Å². The van der Waals surface area contributed by atoms with Crippen LogP contribution in [-0.4, -0.2) is 24.8 Å². The molecule has 3 nitrogen and oxygen atoms in total. The molecule has 2 aromatic carbocycles. The second-order valence-corrected chi connectivity index (χ2v) is 5.74. The van der Waals surface area contributed by atoms with E-state index in [4.69, 9.17) is 4.74 Å². The molecule has 0 radical (unpaired) electrons. The molecule has 116 valence electrons. The van der Waals surface area contributed by atoms with Crippen LogP contribution in [0.1, 0.15) is 5.56 Å². The van der Waals surface area contributed by atoms with Crippen molar-refractivity contribution in [3.05, 3.63) is 66.0 Å². The molecule has 0 bridgehead atoms. The number of rotatable bonds is 8. The number of carbonyl (C=O) groups excluding carboxylic acids is 1. The fraction of sp³-hybridized carbons (Fsp3) is 0.235. The summed E-state index contributed by atoms with van der Waals surface area (Å²) in [5.41, 5.74) is 1.28. The standard InChI is InChI=1S/C17H18FNO2S/c18-15-6-8-16(9-7-15)21-12-17(20)19-10-11-22-13-14-4-2-1-3-5-14/h1-9H,10-13H2,(H,19,20). The molecule has 22 heavy (non-hydrogen) atoms. The maximum absolute atomic E-state index is 12.7. The third kappa shape index (κ3) is 6.18. The predicted molar refractivity (Wildman–Crippen MR) is 87.5 cm³/mol. The number of thioether (sulfide) groups is 1. The molecule has 0 saturated carbocycles. The Balaban J connectivity index is 1.55. The van der Waals surface area contributed by atoms with Crippen molar-refractivity contribution in [2.24, 2.45) is 0 Å². The molecule has 2 rings (SSSR count). The molecule has 0 aromatic heterocycles. The van der Waals surface area contributed by atoms with Gasteiger partial charge in [0.15, 0.2) is 6.61 Å². The maximum atomic E-state index is 12.7. The normalized spacial score (nSPS) is 10.2. The van der Waals surface area contributed by atoms with E-state index in [0.717, 1.165) is 11.5 Å². The quantitative estimate of drug-likeness (QED) is 0.759. The van der Waals surface area contributed by atoms with E-state index in [0.29, 0.717) is 12.3 Å². The number of hydrogen-bond acceptors (Lipinski definition) is 3. The third-order valence-corrected chi connectivity index (χ3v) is 3.89. The smallest absolute Gasteiger partial charge is 0.257 e. The van der Waals surface area contributed by atoms with Crippen LogP contribution in [0.4, 0.5) is 4.39 Å². The van der Waals surface area contributed by atoms with Crippen LogP contribution in [0.3, 0.4) is 0 Å². The van der Waals surface area contributed by atoms with E-state index in [1.807, 2.05) is 18.2 Å². The summed E-state index contributed by atoms with van der Waals surface area (Å²) in [6.07, 6.45) is 0. The summed E-state index contributed by atoms with van der Waals surface area (Å²) in [6, 6.07) is 15.8. The van der Waals surface area contributed by atoms with Gasteiger partial charge in [0.25, 0.3) is 5.91 Å². The zero-order valence-electron chi connectivity index (χ0n) is 12.1. The minimum absolute atomic E-state index is 0.0605. The lowest BCUT2D eigenvalue weighted by Gasteiger charge is -2.07. The number of hydrogen-bond donors (Lipinski definition) is 1. The molecule has 1 N–H and O–H groups in total. The Bertz CT molecular complexity index is 575. The second-order valence-electron chi connectivity index (χ2n) is 4.63. The van der Waals surface area contributed by atoms with Crippen LogP contribution in [0.5, 0.6) is 5.75 Å². The Kier molecular flexibility index (Phi) is 6.77. The van der Waals surface area contributed by atoms with Gasteiger partial charge in [-0.25, -0.2) is 4.39 Å². The highest BCUT2D eigenvalue weighted by atomic mass is 32.2. The van der Waals surface area contributed by atoms with Crippen LogP contribution in [-0.2, 0) is 10.5 Å². The monoisotopic (exact) mass is 319 g/mol. The molecular weight excluding hydrogens is 301 g/mol. The van der Waals surface area contributed by atoms with Crippen LogP contribution in [0.15, 0.2) is 54.6 Å². The van der Waals surface area contributed by atoms with Crippen molar-refractivity contribution in [1.29, 1.82) is 0 Å². The Hall–Kier alpha value is -2.01. The van der Waals surface area contributed by atoms with Crippen LogP contribution < -0.4 is 10.1 Å². The molecular formula is C17H18FNO2S. The summed E-state index contributed by atoms with van der Waals surface area (Å²) in [7, 11) is 0. The van der Waals surface area contributed by atoms with Crippen LogP contribution in [0, 0.1) is 5.82 Å². The zero-order valence-corrected chi connectivity index (χ0v) is 12.9. The molecule has 0 fully saturated rings. The minimum atomic E-state index is -0.327. The first-order chi connectivity index (χ1) is 10.7. The molecule has 1 amide bonds. The lowest BCUT2D eigenvalue weighted by Crippen LogP contribution is -2.30. The van der Waals surface area contributed by atoms with Crippen molar-refractivity contribution in [2.45, 2.75) is 5.75 Å². The van der Waals surface area contributed by atoms with E-state index in [1.54, 1.807) is 11.8 Å². The molecule has 0 spiro atoms. The van der Waals surface area contributed by atoms with Crippen LogP contribution >= 0.6 is 11.8 Å².